The van der Waals surface area contributed by atoms with Gasteiger partial charge in [-0.25, -0.2) is 4.79 Å². The van der Waals surface area contributed by atoms with E-state index in [1.54, 1.807) is 72.8 Å². The molecule has 10 amide bonds. The normalized spacial score (nSPS) is 19.7. The van der Waals surface area contributed by atoms with Crippen molar-refractivity contribution in [1.29, 1.82) is 0 Å². The number of ether oxygens (including phenoxy) is 1. The molecule has 0 aliphatic carbocycles. The summed E-state index contributed by atoms with van der Waals surface area (Å²) in [6, 6.07) is 20.5. The molecule has 1 aliphatic rings. The molecule has 87 heavy (non-hydrogen) atoms. The third-order valence-corrected chi connectivity index (χ3v) is 16.4. The molecule has 16 N–H and O–H groups in total. The van der Waals surface area contributed by atoms with Crippen molar-refractivity contribution >= 4 is 97.9 Å². The largest absolute Gasteiger partial charge is 0.508 e. The molecule has 27 heteroatoms. The number of anilines is 2. The van der Waals surface area contributed by atoms with Gasteiger partial charge in [-0.1, -0.05) is 81.7 Å². The average molecular weight is 1250 g/mol. The van der Waals surface area contributed by atoms with Crippen molar-refractivity contribution in [3.05, 3.63) is 149 Å². The SMILES string of the molecule is COc1ccc(NC(=O)Nc2ccc(C[C@H]3NC(=O)[C@H](Cc4ccc(O)cc4)NC(=O)[C@H](NC(=O)CCc4ccc(Cl)cc4)CSSC[C@@H](C(=O)N[C@H](Cc4ccc(O)cc4)C(N)=O)NC(=O)C(C(C)O)NC(=O)[C@H](CCCCN)NC3=O)cc2)cc1. The number of primary amides is 1. The minimum atomic E-state index is -1.76. The van der Waals surface area contributed by atoms with E-state index in [4.69, 9.17) is 27.8 Å². The lowest BCUT2D eigenvalue weighted by Gasteiger charge is -2.29. The Morgan fingerprint density at radius 2 is 1.15 bits per heavy atom. The number of unbranched alkanes of at least 4 members (excludes halogenated alkanes) is 1. The van der Waals surface area contributed by atoms with Gasteiger partial charge in [-0.3, -0.25) is 38.4 Å². The minimum absolute atomic E-state index is 0.0492. The highest BCUT2D eigenvalue weighted by atomic mass is 35.5. The number of aryl methyl sites for hydroxylation is 1. The quantitative estimate of drug-likeness (QED) is 0.0371. The Labute approximate surface area is 515 Å². The molecule has 0 radical (unpaired) electrons. The number of hydrogen-bond donors (Lipinski definition) is 14. The number of hydrogen-bond acceptors (Lipinski definition) is 16. The fraction of sp³-hybridized carbons (Fsp3) is 0.350. The van der Waals surface area contributed by atoms with Gasteiger partial charge in [0.2, 0.25) is 47.3 Å². The summed E-state index contributed by atoms with van der Waals surface area (Å²) in [5.74, 6) is -7.03. The molecule has 8 atom stereocenters. The number of phenolic OH excluding ortho intramolecular Hbond substituents is 2. The smallest absolute Gasteiger partial charge is 0.323 e. The Hall–Kier alpha value is -8.56. The van der Waals surface area contributed by atoms with Crippen LogP contribution in [0.1, 0.15) is 54.9 Å². The van der Waals surface area contributed by atoms with E-state index in [1.165, 1.54) is 62.6 Å². The number of phenols is 2. The van der Waals surface area contributed by atoms with Crippen molar-refractivity contribution in [3.8, 4) is 17.2 Å². The number of aliphatic hydroxyl groups excluding tert-OH is 1. The van der Waals surface area contributed by atoms with Gasteiger partial charge in [0.1, 0.15) is 59.5 Å². The Morgan fingerprint density at radius 3 is 1.70 bits per heavy atom. The van der Waals surface area contributed by atoms with Crippen LogP contribution in [0.25, 0.3) is 0 Å². The summed E-state index contributed by atoms with van der Waals surface area (Å²) in [6.07, 6.45) is -1.38. The number of aromatic hydroxyl groups is 2. The molecule has 1 aliphatic heterocycles. The van der Waals surface area contributed by atoms with Crippen LogP contribution in [0.2, 0.25) is 5.02 Å². The van der Waals surface area contributed by atoms with Crippen LogP contribution in [0.4, 0.5) is 16.2 Å². The van der Waals surface area contributed by atoms with Gasteiger partial charge in [0.25, 0.3) is 0 Å². The zero-order chi connectivity index (χ0) is 63.0. The highest BCUT2D eigenvalue weighted by Crippen LogP contribution is 2.25. The van der Waals surface area contributed by atoms with Crippen molar-refractivity contribution in [3.63, 3.8) is 0 Å². The van der Waals surface area contributed by atoms with Crippen LogP contribution < -0.4 is 64.1 Å². The van der Waals surface area contributed by atoms with Crippen LogP contribution in [0.5, 0.6) is 17.2 Å². The molecular formula is C60H72ClN11O13S2. The predicted octanol–water partition coefficient (Wildman–Crippen LogP) is 2.85. The molecule has 2 unspecified atom stereocenters. The van der Waals surface area contributed by atoms with Gasteiger partial charge in [0.15, 0.2) is 0 Å². The van der Waals surface area contributed by atoms with Crippen LogP contribution in [0, 0.1) is 0 Å². The zero-order valence-electron chi connectivity index (χ0n) is 47.7. The number of amides is 10. The standard InChI is InChI=1S/C60H72ClN11O13S2/c1-34(73)52-59(83)71-50(58(82)68-46(53(63)77)29-37-10-21-42(74)22-11-37)33-87-86-32-49(66-51(76)27-14-35-6-15-39(61)16-7-35)57(81)70-48(31-38-12-23-43(75)24-13-38)56(80)69-47(55(79)67-45(54(78)72-52)5-3-4-28-62)30-36-8-17-40(18-9-36)64-60(84)65-41-19-25-44(85-2)26-20-41/h6-13,15-26,34,45-50,52,73-75H,3-5,14,27-33,62H2,1-2H3,(H2,63,77)(H,66,76)(H,67,79)(H,68,82)(H,69,80)(H,70,81)(H,71,83)(H,72,78)(H2,64,65,84)/t34?,45-,46+,47+,48-,49+,50-,52?/m0/s1. The monoisotopic (exact) mass is 1250 g/mol. The molecule has 0 saturated carbocycles. The number of rotatable bonds is 21. The molecule has 0 bridgehead atoms. The van der Waals surface area contributed by atoms with Crippen LogP contribution in [-0.4, -0.2) is 142 Å². The van der Waals surface area contributed by atoms with Crippen molar-refractivity contribution in [2.24, 2.45) is 11.5 Å². The van der Waals surface area contributed by atoms with E-state index in [0.29, 0.717) is 45.3 Å². The first-order chi connectivity index (χ1) is 41.7. The van der Waals surface area contributed by atoms with Gasteiger partial charge in [0.05, 0.1) is 13.2 Å². The topological polar surface area (TPSA) is 384 Å². The summed E-state index contributed by atoms with van der Waals surface area (Å²) in [5.41, 5.74) is 14.6. The first-order valence-corrected chi connectivity index (χ1v) is 30.7. The van der Waals surface area contributed by atoms with Crippen LogP contribution in [0.3, 0.4) is 0 Å². The summed E-state index contributed by atoms with van der Waals surface area (Å²) < 4.78 is 5.18. The summed E-state index contributed by atoms with van der Waals surface area (Å²) in [4.78, 5) is 127. The number of nitrogens with one attached hydrogen (secondary N) is 9. The Kier molecular flexibility index (Phi) is 26.4. The zero-order valence-corrected chi connectivity index (χ0v) is 50.1. The van der Waals surface area contributed by atoms with Crippen molar-refractivity contribution in [1.82, 2.24) is 37.2 Å². The predicted molar refractivity (Wildman–Crippen MR) is 331 cm³/mol. The van der Waals surface area contributed by atoms with Gasteiger partial charge in [-0.05, 0) is 134 Å². The summed E-state index contributed by atoms with van der Waals surface area (Å²) in [6.45, 7) is 1.43. The van der Waals surface area contributed by atoms with Crippen molar-refractivity contribution in [2.75, 3.05) is 35.8 Å². The van der Waals surface area contributed by atoms with Crippen molar-refractivity contribution in [2.45, 2.75) is 107 Å². The maximum atomic E-state index is 14.9. The van der Waals surface area contributed by atoms with E-state index in [9.17, 15) is 58.5 Å². The second-order valence-corrected chi connectivity index (χ2v) is 23.5. The highest BCUT2D eigenvalue weighted by Gasteiger charge is 2.36. The highest BCUT2D eigenvalue weighted by molar-refractivity contribution is 8.76. The third kappa shape index (κ3) is 22.3. The van der Waals surface area contributed by atoms with E-state index in [1.807, 2.05) is 0 Å². The number of methoxy groups -OCH3 is 1. The summed E-state index contributed by atoms with van der Waals surface area (Å²) >= 11 is 6.09. The number of carbonyl (C=O) groups is 9. The van der Waals surface area contributed by atoms with Crippen LogP contribution >= 0.6 is 33.2 Å². The third-order valence-electron chi connectivity index (χ3n) is 13.7. The van der Waals surface area contributed by atoms with Gasteiger partial charge in [-0.2, -0.15) is 0 Å². The Balaban J connectivity index is 1.36. The lowest BCUT2D eigenvalue weighted by Crippen LogP contribution is -2.62. The molecule has 0 spiro atoms. The molecule has 464 valence electrons. The molecule has 24 nitrogen and oxygen atoms in total. The molecule has 1 saturated heterocycles. The molecule has 5 aromatic rings. The first-order valence-electron chi connectivity index (χ1n) is 27.8. The number of aliphatic hydroxyl groups is 1. The summed E-state index contributed by atoms with van der Waals surface area (Å²) in [7, 11) is 3.49. The maximum Gasteiger partial charge on any atom is 0.323 e. The molecule has 0 aromatic heterocycles. The number of halogens is 1. The fourth-order valence-corrected chi connectivity index (χ4v) is 11.3. The lowest BCUT2D eigenvalue weighted by atomic mass is 10.0. The molecular weight excluding hydrogens is 1180 g/mol. The molecule has 5 aromatic carbocycles. The van der Waals surface area contributed by atoms with Gasteiger partial charge in [0, 0.05) is 53.6 Å². The van der Waals surface area contributed by atoms with E-state index in [0.717, 1.165) is 27.2 Å². The number of benzene rings is 5. The van der Waals surface area contributed by atoms with E-state index < -0.39 is 102 Å². The Morgan fingerprint density at radius 1 is 0.644 bits per heavy atom. The second kappa shape index (κ2) is 34.0. The van der Waals surface area contributed by atoms with Gasteiger partial charge < -0.3 is 79.4 Å². The van der Waals surface area contributed by atoms with E-state index >= 15 is 0 Å². The molecule has 1 fully saturated rings. The first kappa shape index (κ1) is 67.6. The van der Waals surface area contributed by atoms with E-state index in [-0.39, 0.29) is 74.5 Å². The number of urea groups is 1. The molecule has 1 heterocycles. The minimum Gasteiger partial charge on any atom is -0.508 e. The average Bonchev–Trinajstić information content (AvgIpc) is 3.10. The van der Waals surface area contributed by atoms with Gasteiger partial charge in [-0.15, -0.1) is 0 Å². The van der Waals surface area contributed by atoms with Gasteiger partial charge >= 0.3 is 6.03 Å². The molecule has 6 rings (SSSR count). The van der Waals surface area contributed by atoms with Crippen LogP contribution in [-0.2, 0) is 64.0 Å². The fourth-order valence-electron chi connectivity index (χ4n) is 8.85. The summed E-state index contributed by atoms with van der Waals surface area (Å²) in [5, 5.41) is 55.7. The number of nitrogens with two attached hydrogens (primary N) is 2. The lowest BCUT2D eigenvalue weighted by molar-refractivity contribution is -0.136. The second-order valence-electron chi connectivity index (χ2n) is 20.5. The Bertz CT molecular complexity index is 3150. The van der Waals surface area contributed by atoms with Crippen LogP contribution in [0.15, 0.2) is 121 Å². The maximum absolute atomic E-state index is 14.9. The van der Waals surface area contributed by atoms with E-state index in [2.05, 4.69) is 47.9 Å². The van der Waals surface area contributed by atoms with Crippen molar-refractivity contribution < 1.29 is 63.2 Å². The number of carbonyl (C=O) groups excluding carboxylic acids is 9.